The molecule has 1 atom stereocenters. The molecule has 2 aromatic carbocycles. The number of carbonyl (C=O) groups excluding carboxylic acids is 2. The van der Waals surface area contributed by atoms with Crippen molar-refractivity contribution in [3.63, 3.8) is 0 Å². The maximum absolute atomic E-state index is 12.8. The monoisotopic (exact) mass is 428 g/mol. The molecule has 4 rings (SSSR count). The third-order valence-electron chi connectivity index (χ3n) is 5.45. The Morgan fingerprint density at radius 3 is 2.60 bits per heavy atom. The second kappa shape index (κ2) is 8.97. The number of benzene rings is 2. The van der Waals surface area contributed by atoms with E-state index in [-0.39, 0.29) is 17.3 Å². The summed E-state index contributed by atoms with van der Waals surface area (Å²) in [4.78, 5) is 29.3. The first-order valence-electron chi connectivity index (χ1n) is 10.1. The Morgan fingerprint density at radius 2 is 1.93 bits per heavy atom. The van der Waals surface area contributed by atoms with E-state index in [9.17, 15) is 9.59 Å². The molecule has 2 N–H and O–H groups in total. The van der Waals surface area contributed by atoms with E-state index in [1.54, 1.807) is 37.9 Å². The Balaban J connectivity index is 1.40. The summed E-state index contributed by atoms with van der Waals surface area (Å²) >= 11 is 1.57. The van der Waals surface area contributed by atoms with E-state index < -0.39 is 0 Å². The largest absolute Gasteiger partial charge is 0.497 e. The standard InChI is InChI=1S/C22H25N3O4S/c1-3-29-22(27)15-4-9-19-18(14-15)23-20(26)21(30-19)25-12-10-24(11-13-25)16-5-7-17(28-2)8-6-16/h4-9,14,21H,3,10-13H2,1-2H3,(H,23,26)/p+1. The van der Waals surface area contributed by atoms with Crippen LogP contribution in [0.4, 0.5) is 11.4 Å². The van der Waals surface area contributed by atoms with Crippen LogP contribution in [0.25, 0.3) is 0 Å². The lowest BCUT2D eigenvalue weighted by molar-refractivity contribution is -0.902. The molecule has 0 bridgehead atoms. The van der Waals surface area contributed by atoms with Gasteiger partial charge in [-0.1, -0.05) is 11.8 Å². The number of piperazine rings is 1. The normalized spacial score (nSPS) is 19.1. The van der Waals surface area contributed by atoms with E-state index in [2.05, 4.69) is 22.3 Å². The van der Waals surface area contributed by atoms with Crippen LogP contribution in [0.5, 0.6) is 5.75 Å². The van der Waals surface area contributed by atoms with Gasteiger partial charge in [0.25, 0.3) is 5.91 Å². The van der Waals surface area contributed by atoms with E-state index in [0.29, 0.717) is 17.9 Å². The zero-order valence-corrected chi connectivity index (χ0v) is 18.0. The lowest BCUT2D eigenvalue weighted by Gasteiger charge is -2.38. The number of ether oxygens (including phenoxy) is 2. The van der Waals surface area contributed by atoms with Crippen LogP contribution in [0.3, 0.4) is 0 Å². The van der Waals surface area contributed by atoms with Crippen LogP contribution in [0.1, 0.15) is 17.3 Å². The average molecular weight is 429 g/mol. The molecule has 1 saturated heterocycles. The highest BCUT2D eigenvalue weighted by atomic mass is 32.2. The van der Waals surface area contributed by atoms with Gasteiger partial charge in [-0.15, -0.1) is 0 Å². The van der Waals surface area contributed by atoms with Crippen LogP contribution in [0.15, 0.2) is 47.4 Å². The zero-order chi connectivity index (χ0) is 21.1. The Labute approximate surface area is 180 Å². The predicted molar refractivity (Wildman–Crippen MR) is 117 cm³/mol. The molecule has 0 aromatic heterocycles. The SMILES string of the molecule is CCOC(=O)c1ccc2c(c1)NC(=O)C([NH+]1CCN(c3ccc(OC)cc3)CC1)S2. The first-order chi connectivity index (χ1) is 14.6. The number of esters is 1. The summed E-state index contributed by atoms with van der Waals surface area (Å²) in [7, 11) is 1.67. The van der Waals surface area contributed by atoms with Crippen LogP contribution in [-0.2, 0) is 9.53 Å². The number of rotatable bonds is 5. The fourth-order valence-corrected chi connectivity index (χ4v) is 5.03. The minimum Gasteiger partial charge on any atom is -0.497 e. The summed E-state index contributed by atoms with van der Waals surface area (Å²) < 4.78 is 10.3. The van der Waals surface area contributed by atoms with Crippen LogP contribution >= 0.6 is 11.8 Å². The van der Waals surface area contributed by atoms with Gasteiger partial charge in [-0.3, -0.25) is 4.79 Å². The molecule has 7 nitrogen and oxygen atoms in total. The van der Waals surface area contributed by atoms with Crippen molar-refractivity contribution < 1.29 is 24.0 Å². The number of fused-ring (bicyclic) bond motifs is 1. The highest BCUT2D eigenvalue weighted by Crippen LogP contribution is 2.34. The molecule has 1 amide bonds. The van der Waals surface area contributed by atoms with Gasteiger partial charge in [0.15, 0.2) is 0 Å². The van der Waals surface area contributed by atoms with Crippen molar-refractivity contribution in [1.29, 1.82) is 0 Å². The van der Waals surface area contributed by atoms with Gasteiger partial charge < -0.3 is 24.6 Å². The third kappa shape index (κ3) is 4.24. The van der Waals surface area contributed by atoms with Crippen LogP contribution < -0.4 is 19.9 Å². The van der Waals surface area contributed by atoms with E-state index >= 15 is 0 Å². The number of nitrogens with one attached hydrogen (secondary N) is 2. The second-order valence-corrected chi connectivity index (χ2v) is 8.41. The van der Waals surface area contributed by atoms with Crippen molar-refractivity contribution >= 4 is 35.0 Å². The molecule has 0 saturated carbocycles. The topological polar surface area (TPSA) is 72.3 Å². The highest BCUT2D eigenvalue weighted by Gasteiger charge is 2.37. The fourth-order valence-electron chi connectivity index (χ4n) is 3.83. The zero-order valence-electron chi connectivity index (χ0n) is 17.1. The number of methoxy groups -OCH3 is 1. The maximum Gasteiger partial charge on any atom is 0.338 e. The molecule has 2 aromatic rings. The van der Waals surface area contributed by atoms with Crippen LogP contribution in [0.2, 0.25) is 0 Å². The summed E-state index contributed by atoms with van der Waals surface area (Å²) in [5.41, 5.74) is 2.31. The van der Waals surface area contributed by atoms with Gasteiger partial charge in [0.05, 0.1) is 51.1 Å². The summed E-state index contributed by atoms with van der Waals surface area (Å²) in [6.45, 7) is 5.64. The van der Waals surface area contributed by atoms with Gasteiger partial charge in [0.2, 0.25) is 5.37 Å². The molecular formula is C22H26N3O4S+. The number of quaternary nitrogens is 1. The molecule has 1 unspecified atom stereocenters. The molecule has 0 radical (unpaired) electrons. The Hall–Kier alpha value is -2.71. The molecule has 0 spiro atoms. The lowest BCUT2D eigenvalue weighted by Crippen LogP contribution is -3.19. The summed E-state index contributed by atoms with van der Waals surface area (Å²) in [6, 6.07) is 13.4. The lowest BCUT2D eigenvalue weighted by atomic mass is 10.2. The van der Waals surface area contributed by atoms with Gasteiger partial charge >= 0.3 is 5.97 Å². The number of carbonyl (C=O) groups is 2. The molecule has 1 fully saturated rings. The fraction of sp³-hybridized carbons (Fsp3) is 0.364. The second-order valence-electron chi connectivity index (χ2n) is 7.26. The summed E-state index contributed by atoms with van der Waals surface area (Å²) in [5.74, 6) is 0.464. The van der Waals surface area contributed by atoms with Gasteiger partial charge in [-0.25, -0.2) is 4.79 Å². The molecule has 2 aliphatic heterocycles. The number of hydrogen-bond acceptors (Lipinski definition) is 6. The Morgan fingerprint density at radius 1 is 1.20 bits per heavy atom. The van der Waals surface area contributed by atoms with E-state index in [1.165, 1.54) is 10.6 Å². The molecule has 2 heterocycles. The van der Waals surface area contributed by atoms with E-state index in [4.69, 9.17) is 9.47 Å². The minimum atomic E-state index is -0.373. The van der Waals surface area contributed by atoms with E-state index in [1.807, 2.05) is 18.2 Å². The van der Waals surface area contributed by atoms with Gasteiger partial charge in [0.1, 0.15) is 5.75 Å². The van der Waals surface area contributed by atoms with Crippen molar-refractivity contribution in [3.8, 4) is 5.75 Å². The average Bonchev–Trinajstić information content (AvgIpc) is 2.78. The predicted octanol–water partition coefficient (Wildman–Crippen LogP) is 1.65. The molecule has 0 aliphatic carbocycles. The minimum absolute atomic E-state index is 0.0126. The number of nitrogens with zero attached hydrogens (tertiary/aromatic N) is 1. The van der Waals surface area contributed by atoms with Gasteiger partial charge in [-0.2, -0.15) is 0 Å². The van der Waals surface area contributed by atoms with Crippen molar-refractivity contribution in [2.75, 3.05) is 50.1 Å². The Kier molecular flexibility index (Phi) is 6.15. The van der Waals surface area contributed by atoms with Crippen molar-refractivity contribution in [3.05, 3.63) is 48.0 Å². The third-order valence-corrected chi connectivity index (χ3v) is 6.84. The summed E-state index contributed by atoms with van der Waals surface area (Å²) in [5, 5.41) is 2.79. The number of anilines is 2. The van der Waals surface area contributed by atoms with Gasteiger partial charge in [0, 0.05) is 10.6 Å². The number of amides is 1. The molecule has 158 valence electrons. The van der Waals surface area contributed by atoms with Gasteiger partial charge in [-0.05, 0) is 49.4 Å². The highest BCUT2D eigenvalue weighted by molar-refractivity contribution is 8.00. The first-order valence-corrected chi connectivity index (χ1v) is 11.0. The number of thioether (sulfide) groups is 1. The van der Waals surface area contributed by atoms with Crippen LogP contribution in [-0.4, -0.2) is 57.1 Å². The van der Waals surface area contributed by atoms with Crippen molar-refractivity contribution in [1.82, 2.24) is 0 Å². The first kappa shape index (κ1) is 20.6. The quantitative estimate of drug-likeness (QED) is 0.706. The Bertz CT molecular complexity index is 926. The molecule has 30 heavy (non-hydrogen) atoms. The number of hydrogen-bond donors (Lipinski definition) is 2. The van der Waals surface area contributed by atoms with Crippen molar-refractivity contribution in [2.45, 2.75) is 17.2 Å². The molecular weight excluding hydrogens is 402 g/mol. The van der Waals surface area contributed by atoms with Crippen LogP contribution in [0, 0.1) is 0 Å². The smallest absolute Gasteiger partial charge is 0.338 e. The molecule has 8 heteroatoms. The molecule has 2 aliphatic rings. The maximum atomic E-state index is 12.8. The summed E-state index contributed by atoms with van der Waals surface area (Å²) in [6.07, 6.45) is 0. The van der Waals surface area contributed by atoms with E-state index in [0.717, 1.165) is 36.8 Å². The van der Waals surface area contributed by atoms with Crippen molar-refractivity contribution in [2.24, 2.45) is 0 Å².